The van der Waals surface area contributed by atoms with Gasteiger partial charge in [0.2, 0.25) is 0 Å². The molecule has 0 saturated carbocycles. The Labute approximate surface area is 166 Å². The van der Waals surface area contributed by atoms with Crippen molar-refractivity contribution in [3.05, 3.63) is 60.2 Å². The Bertz CT molecular complexity index is 788. The number of carbonyl (C=O) groups is 3. The minimum atomic E-state index is -0.452. The van der Waals surface area contributed by atoms with E-state index in [1.165, 1.54) is 42.2 Å². The monoisotopic (exact) mass is 405 g/mol. The molecule has 0 bridgehead atoms. The van der Waals surface area contributed by atoms with Crippen LogP contribution < -0.4 is 10.6 Å². The highest BCUT2D eigenvalue weighted by atomic mass is 32.2. The molecular formula is C19H20FN3O4S. The van der Waals surface area contributed by atoms with Crippen LogP contribution in [0.3, 0.4) is 0 Å². The van der Waals surface area contributed by atoms with Crippen LogP contribution in [0.5, 0.6) is 0 Å². The molecule has 1 aromatic carbocycles. The fraction of sp³-hybridized carbons (Fsp3) is 0.263. The van der Waals surface area contributed by atoms with Crippen molar-refractivity contribution in [2.75, 3.05) is 23.6 Å². The first-order valence-electron chi connectivity index (χ1n) is 8.51. The number of amides is 2. The van der Waals surface area contributed by atoms with Crippen molar-refractivity contribution in [2.24, 2.45) is 0 Å². The first-order valence-corrected chi connectivity index (χ1v) is 9.67. The van der Waals surface area contributed by atoms with E-state index in [4.69, 9.17) is 4.74 Å². The minimum absolute atomic E-state index is 0.00656. The number of pyridine rings is 1. The maximum atomic E-state index is 12.8. The van der Waals surface area contributed by atoms with Gasteiger partial charge in [-0.25, -0.2) is 9.18 Å². The number of ketones is 1. The fourth-order valence-corrected chi connectivity index (χ4v) is 2.65. The lowest BCUT2D eigenvalue weighted by atomic mass is 10.1. The molecular weight excluding hydrogens is 385 g/mol. The van der Waals surface area contributed by atoms with Crippen molar-refractivity contribution in [3.8, 4) is 0 Å². The maximum Gasteiger partial charge on any atom is 0.319 e. The predicted octanol–water partition coefficient (Wildman–Crippen LogP) is 3.24. The second-order valence-electron chi connectivity index (χ2n) is 5.60. The summed E-state index contributed by atoms with van der Waals surface area (Å²) in [6.45, 7) is 0.370. The van der Waals surface area contributed by atoms with Gasteiger partial charge in [-0.1, -0.05) is 0 Å². The zero-order valence-corrected chi connectivity index (χ0v) is 15.8. The second-order valence-corrected chi connectivity index (χ2v) is 6.65. The largest absolute Gasteiger partial charge is 0.455 e. The zero-order chi connectivity index (χ0) is 20.2. The van der Waals surface area contributed by atoms with Gasteiger partial charge in [0.1, 0.15) is 11.8 Å². The predicted molar refractivity (Wildman–Crippen MR) is 105 cm³/mol. The number of urea groups is 1. The Hall–Kier alpha value is -2.94. The molecule has 7 nitrogen and oxygen atoms in total. The highest BCUT2D eigenvalue weighted by Crippen LogP contribution is 2.08. The van der Waals surface area contributed by atoms with Crippen LogP contribution in [0.1, 0.15) is 23.2 Å². The third kappa shape index (κ3) is 8.17. The molecule has 0 aliphatic carbocycles. The van der Waals surface area contributed by atoms with E-state index in [0.29, 0.717) is 23.5 Å². The van der Waals surface area contributed by atoms with E-state index in [0.717, 1.165) is 0 Å². The lowest BCUT2D eigenvalue weighted by Gasteiger charge is -2.08. The summed E-state index contributed by atoms with van der Waals surface area (Å²) in [6.07, 6.45) is 3.11. The van der Waals surface area contributed by atoms with E-state index >= 15 is 0 Å². The molecule has 28 heavy (non-hydrogen) atoms. The number of rotatable bonds is 10. The summed E-state index contributed by atoms with van der Waals surface area (Å²) in [5.41, 5.74) is 0.955. The van der Waals surface area contributed by atoms with Crippen molar-refractivity contribution in [1.82, 2.24) is 10.3 Å². The molecule has 0 aliphatic rings. The number of nitrogens with zero attached hydrogens (tertiary/aromatic N) is 1. The summed E-state index contributed by atoms with van der Waals surface area (Å²) in [7, 11) is 0. The molecule has 0 spiro atoms. The molecule has 0 unspecified atom stereocenters. The Balaban J connectivity index is 1.50. The van der Waals surface area contributed by atoms with Gasteiger partial charge in [0.05, 0.1) is 6.42 Å². The molecule has 0 radical (unpaired) electrons. The third-order valence-corrected chi connectivity index (χ3v) is 4.25. The average molecular weight is 405 g/mol. The van der Waals surface area contributed by atoms with Crippen molar-refractivity contribution >= 4 is 35.2 Å². The van der Waals surface area contributed by atoms with Gasteiger partial charge in [-0.05, 0) is 36.4 Å². The van der Waals surface area contributed by atoms with Crippen LogP contribution in [0, 0.1) is 5.82 Å². The number of halogens is 1. The van der Waals surface area contributed by atoms with Gasteiger partial charge >= 0.3 is 12.0 Å². The molecule has 148 valence electrons. The molecule has 0 saturated heterocycles. The molecule has 0 fully saturated rings. The minimum Gasteiger partial charge on any atom is -0.455 e. The van der Waals surface area contributed by atoms with Crippen LogP contribution in [-0.2, 0) is 9.53 Å². The number of anilines is 1. The lowest BCUT2D eigenvalue weighted by molar-refractivity contribution is -0.141. The zero-order valence-electron chi connectivity index (χ0n) is 15.0. The van der Waals surface area contributed by atoms with Crippen LogP contribution in [0.4, 0.5) is 14.9 Å². The number of nitrogens with one attached hydrogen (secondary N) is 2. The molecule has 2 amide bonds. The SMILES string of the molecule is O=C(NCCSCOC(=O)CCC(=O)c1cccnc1)Nc1ccc(F)cc1. The normalized spacial score (nSPS) is 10.2. The van der Waals surface area contributed by atoms with Crippen LogP contribution in [0.2, 0.25) is 0 Å². The number of carbonyl (C=O) groups excluding carboxylic acids is 3. The number of hydrogen-bond donors (Lipinski definition) is 2. The van der Waals surface area contributed by atoms with Crippen LogP contribution >= 0.6 is 11.8 Å². The Morgan fingerprint density at radius 3 is 2.61 bits per heavy atom. The molecule has 1 heterocycles. The standard InChI is InChI=1S/C19H20FN3O4S/c20-15-3-5-16(6-4-15)23-19(26)22-10-11-28-13-27-18(25)8-7-17(24)14-2-1-9-21-12-14/h1-6,9,12H,7-8,10-11,13H2,(H2,22,23,26). The van der Waals surface area contributed by atoms with E-state index < -0.39 is 12.0 Å². The van der Waals surface area contributed by atoms with Crippen LogP contribution in [-0.4, -0.2) is 41.0 Å². The average Bonchev–Trinajstić information content (AvgIpc) is 2.71. The first-order chi connectivity index (χ1) is 13.5. The fourth-order valence-electron chi connectivity index (χ4n) is 2.07. The smallest absolute Gasteiger partial charge is 0.319 e. The van der Waals surface area contributed by atoms with Gasteiger partial charge in [0.15, 0.2) is 5.78 Å². The van der Waals surface area contributed by atoms with Crippen molar-refractivity contribution in [2.45, 2.75) is 12.8 Å². The number of benzene rings is 1. The molecule has 0 atom stereocenters. The van der Waals surface area contributed by atoms with E-state index in [1.807, 2.05) is 0 Å². The van der Waals surface area contributed by atoms with E-state index in [2.05, 4.69) is 15.6 Å². The van der Waals surface area contributed by atoms with Gasteiger partial charge < -0.3 is 15.4 Å². The number of Topliss-reactive ketones (excluding diaryl/α,β-unsaturated/α-hetero) is 1. The van der Waals surface area contributed by atoms with Crippen molar-refractivity contribution in [3.63, 3.8) is 0 Å². The molecule has 9 heteroatoms. The summed E-state index contributed by atoms with van der Waals surface area (Å²) in [5, 5.41) is 5.21. The number of hydrogen-bond acceptors (Lipinski definition) is 6. The summed E-state index contributed by atoms with van der Waals surface area (Å²) < 4.78 is 17.8. The number of thioether (sulfide) groups is 1. The summed E-state index contributed by atoms with van der Waals surface area (Å²) >= 11 is 1.33. The molecule has 1 aromatic heterocycles. The van der Waals surface area contributed by atoms with Gasteiger partial charge in [0, 0.05) is 42.4 Å². The number of ether oxygens (including phenoxy) is 1. The highest BCUT2D eigenvalue weighted by Gasteiger charge is 2.10. The summed E-state index contributed by atoms with van der Waals surface area (Å²) in [6, 6.07) is 8.34. The number of aromatic nitrogens is 1. The van der Waals surface area contributed by atoms with Gasteiger partial charge in [-0.2, -0.15) is 0 Å². The maximum absolute atomic E-state index is 12.8. The third-order valence-electron chi connectivity index (χ3n) is 3.48. The molecule has 2 rings (SSSR count). The lowest BCUT2D eigenvalue weighted by Crippen LogP contribution is -2.30. The van der Waals surface area contributed by atoms with Crippen LogP contribution in [0.25, 0.3) is 0 Å². The van der Waals surface area contributed by atoms with Crippen molar-refractivity contribution < 1.29 is 23.5 Å². The van der Waals surface area contributed by atoms with Crippen molar-refractivity contribution in [1.29, 1.82) is 0 Å². The van der Waals surface area contributed by atoms with Gasteiger partial charge in [0.25, 0.3) is 0 Å². The van der Waals surface area contributed by atoms with Crippen LogP contribution in [0.15, 0.2) is 48.8 Å². The number of esters is 1. The second kappa shape index (κ2) is 11.7. The van der Waals surface area contributed by atoms with Gasteiger partial charge in [-0.3, -0.25) is 14.6 Å². The van der Waals surface area contributed by atoms with E-state index in [1.54, 1.807) is 18.3 Å². The highest BCUT2D eigenvalue weighted by molar-refractivity contribution is 7.99. The molecule has 0 aliphatic heterocycles. The first kappa shape index (κ1) is 21.4. The topological polar surface area (TPSA) is 97.4 Å². The molecule has 2 aromatic rings. The van der Waals surface area contributed by atoms with E-state index in [-0.39, 0.29) is 30.4 Å². The molecule has 2 N–H and O–H groups in total. The summed E-state index contributed by atoms with van der Waals surface area (Å²) in [4.78, 5) is 39.0. The Kier molecular flexibility index (Phi) is 8.93. The van der Waals surface area contributed by atoms with Gasteiger partial charge in [-0.15, -0.1) is 11.8 Å². The quantitative estimate of drug-likeness (QED) is 0.273. The Morgan fingerprint density at radius 2 is 1.89 bits per heavy atom. The van der Waals surface area contributed by atoms with E-state index in [9.17, 15) is 18.8 Å². The Morgan fingerprint density at radius 1 is 1.11 bits per heavy atom. The summed E-state index contributed by atoms with van der Waals surface area (Å²) in [5.74, 6) is -0.306.